The van der Waals surface area contributed by atoms with Crippen LogP contribution in [-0.2, 0) is 0 Å². The van der Waals surface area contributed by atoms with E-state index in [-0.39, 0.29) is 5.92 Å². The lowest BCUT2D eigenvalue weighted by Crippen LogP contribution is -2.05. The minimum Gasteiger partial charge on any atom is -0.0590 e. The molecule has 0 amide bonds. The summed E-state index contributed by atoms with van der Waals surface area (Å²) in [7, 11) is 0. The maximum Gasteiger partial charge on any atom is 0.0340 e. The van der Waals surface area contributed by atoms with Crippen molar-refractivity contribution in [3.63, 3.8) is 0 Å². The average Bonchev–Trinajstić information content (AvgIpc) is 2.56. The van der Waals surface area contributed by atoms with E-state index in [4.69, 9.17) is 0 Å². The molecule has 0 saturated carbocycles. The van der Waals surface area contributed by atoms with Gasteiger partial charge in [-0.05, 0) is 73.6 Å². The maximum atomic E-state index is 2.34. The predicted octanol–water partition coefficient (Wildman–Crippen LogP) is 6.41. The van der Waals surface area contributed by atoms with Gasteiger partial charge < -0.3 is 0 Å². The molecule has 0 radical (unpaired) electrons. The molecule has 0 unspecified atom stereocenters. The van der Waals surface area contributed by atoms with Gasteiger partial charge >= 0.3 is 0 Å². The van der Waals surface area contributed by atoms with Crippen LogP contribution in [0.1, 0.15) is 50.4 Å². The Bertz CT molecular complexity index is 802. The first kappa shape index (κ1) is 16.5. The zero-order chi connectivity index (χ0) is 17.3. The van der Waals surface area contributed by atoms with Gasteiger partial charge in [-0.25, -0.2) is 0 Å². The largest absolute Gasteiger partial charge is 0.0590 e. The van der Waals surface area contributed by atoms with Crippen molar-refractivity contribution in [2.24, 2.45) is 0 Å². The summed E-state index contributed by atoms with van der Waals surface area (Å²) in [5, 5.41) is 0. The van der Waals surface area contributed by atoms with Gasteiger partial charge in [-0.3, -0.25) is 0 Å². The second kappa shape index (κ2) is 6.65. The number of hydrogen-bond acceptors (Lipinski definition) is 0. The molecule has 0 heteroatoms. The van der Waals surface area contributed by atoms with E-state index < -0.39 is 0 Å². The van der Waals surface area contributed by atoms with Gasteiger partial charge in [0.2, 0.25) is 0 Å². The second-order valence-corrected chi connectivity index (χ2v) is 7.03. The highest BCUT2D eigenvalue weighted by molar-refractivity contribution is 5.47. The molecule has 0 bridgehead atoms. The quantitative estimate of drug-likeness (QED) is 0.490. The predicted molar refractivity (Wildman–Crippen MR) is 104 cm³/mol. The molecule has 3 rings (SSSR count). The lowest BCUT2D eigenvalue weighted by molar-refractivity contribution is 0.966. The summed E-state index contributed by atoms with van der Waals surface area (Å²) in [5.41, 5.74) is 10.8. The Hall–Kier alpha value is -2.34. The number of hydrogen-bond donors (Lipinski definition) is 0. The van der Waals surface area contributed by atoms with E-state index >= 15 is 0 Å². The van der Waals surface area contributed by atoms with Gasteiger partial charge in [-0.1, -0.05) is 66.2 Å². The molecular weight excluding hydrogens is 288 g/mol. The molecule has 3 aromatic rings. The van der Waals surface area contributed by atoms with E-state index in [2.05, 4.69) is 95.3 Å². The molecule has 0 N–H and O–H groups in total. The van der Waals surface area contributed by atoms with Crippen LogP contribution in [0.15, 0.2) is 60.7 Å². The van der Waals surface area contributed by atoms with Crippen LogP contribution in [0.3, 0.4) is 0 Å². The van der Waals surface area contributed by atoms with Crippen LogP contribution in [0.4, 0.5) is 0 Å². The summed E-state index contributed by atoms with van der Waals surface area (Å²) in [6.07, 6.45) is 0. The van der Waals surface area contributed by atoms with Crippen molar-refractivity contribution in [3.05, 3.63) is 105 Å². The Kier molecular flexibility index (Phi) is 4.57. The molecule has 122 valence electrons. The Balaban J connectivity index is 2.17. The van der Waals surface area contributed by atoms with Gasteiger partial charge in [0.05, 0.1) is 0 Å². The zero-order valence-corrected chi connectivity index (χ0v) is 15.4. The van der Waals surface area contributed by atoms with Crippen LogP contribution >= 0.6 is 0 Å². The fourth-order valence-electron chi connectivity index (χ4n) is 3.22. The third kappa shape index (κ3) is 3.28. The van der Waals surface area contributed by atoms with Crippen LogP contribution in [0.25, 0.3) is 0 Å². The normalized spacial score (nSPS) is 11.1. The van der Waals surface area contributed by atoms with Crippen LogP contribution < -0.4 is 0 Å². The van der Waals surface area contributed by atoms with Crippen molar-refractivity contribution in [1.29, 1.82) is 0 Å². The smallest absolute Gasteiger partial charge is 0.0340 e. The first-order chi connectivity index (χ1) is 11.5. The molecule has 0 saturated heterocycles. The molecule has 3 aromatic carbocycles. The fourth-order valence-corrected chi connectivity index (χ4v) is 3.22. The highest BCUT2D eigenvalue weighted by atomic mass is 14.2. The van der Waals surface area contributed by atoms with Gasteiger partial charge in [-0.15, -0.1) is 0 Å². The molecule has 0 fully saturated rings. The summed E-state index contributed by atoms with van der Waals surface area (Å²) >= 11 is 0. The van der Waals surface area contributed by atoms with Crippen LogP contribution in [-0.4, -0.2) is 0 Å². The SMILES string of the molecule is Cc1ccc(C(c2ccc(C)c(C)c2)c2ccc(C)c(C)c2)cc1. The monoisotopic (exact) mass is 314 g/mol. The molecule has 0 nitrogen and oxygen atoms in total. The lowest BCUT2D eigenvalue weighted by atomic mass is 9.83. The zero-order valence-electron chi connectivity index (χ0n) is 15.4. The highest BCUT2D eigenvalue weighted by Gasteiger charge is 2.17. The molecule has 0 heterocycles. The van der Waals surface area contributed by atoms with E-state index in [0.717, 1.165) is 0 Å². The van der Waals surface area contributed by atoms with E-state index in [1.165, 1.54) is 44.5 Å². The maximum absolute atomic E-state index is 2.34. The van der Waals surface area contributed by atoms with E-state index in [1.54, 1.807) is 0 Å². The Labute approximate surface area is 146 Å². The van der Waals surface area contributed by atoms with E-state index in [9.17, 15) is 0 Å². The molecule has 0 aliphatic rings. The molecule has 0 spiro atoms. The minimum absolute atomic E-state index is 0.282. The summed E-state index contributed by atoms with van der Waals surface area (Å²) in [5.74, 6) is 0.282. The van der Waals surface area contributed by atoms with Crippen LogP contribution in [0.2, 0.25) is 0 Å². The van der Waals surface area contributed by atoms with Crippen molar-refractivity contribution in [1.82, 2.24) is 0 Å². The lowest BCUT2D eigenvalue weighted by Gasteiger charge is -2.21. The van der Waals surface area contributed by atoms with E-state index in [0.29, 0.717) is 0 Å². The van der Waals surface area contributed by atoms with Crippen molar-refractivity contribution >= 4 is 0 Å². The van der Waals surface area contributed by atoms with Crippen molar-refractivity contribution < 1.29 is 0 Å². The summed E-state index contributed by atoms with van der Waals surface area (Å²) < 4.78 is 0. The van der Waals surface area contributed by atoms with Crippen molar-refractivity contribution in [3.8, 4) is 0 Å². The molecule has 0 aromatic heterocycles. The second-order valence-electron chi connectivity index (χ2n) is 7.03. The number of aryl methyl sites for hydroxylation is 5. The Morgan fingerprint density at radius 1 is 0.458 bits per heavy atom. The molecule has 24 heavy (non-hydrogen) atoms. The molecular formula is C24H26. The first-order valence-corrected chi connectivity index (χ1v) is 8.66. The first-order valence-electron chi connectivity index (χ1n) is 8.66. The standard InChI is InChI=1S/C24H26/c1-16-6-10-21(11-7-16)24(22-12-8-17(2)19(4)14-22)23-13-9-18(3)20(5)15-23/h6-15,24H,1-5H3. The highest BCUT2D eigenvalue weighted by Crippen LogP contribution is 2.34. The number of rotatable bonds is 3. The summed E-state index contributed by atoms with van der Waals surface area (Å²) in [4.78, 5) is 0. The third-order valence-electron chi connectivity index (χ3n) is 5.14. The number of benzene rings is 3. The summed E-state index contributed by atoms with van der Waals surface area (Å²) in [6, 6.07) is 22.7. The molecule has 0 atom stereocenters. The molecule has 0 aliphatic carbocycles. The van der Waals surface area contributed by atoms with Gasteiger partial charge in [-0.2, -0.15) is 0 Å². The topological polar surface area (TPSA) is 0 Å². The average molecular weight is 314 g/mol. The minimum atomic E-state index is 0.282. The van der Waals surface area contributed by atoms with Gasteiger partial charge in [0.1, 0.15) is 0 Å². The fraction of sp³-hybridized carbons (Fsp3) is 0.250. The van der Waals surface area contributed by atoms with Gasteiger partial charge in [0, 0.05) is 5.92 Å². The van der Waals surface area contributed by atoms with Gasteiger partial charge in [0.15, 0.2) is 0 Å². The van der Waals surface area contributed by atoms with Gasteiger partial charge in [0.25, 0.3) is 0 Å². The van der Waals surface area contributed by atoms with E-state index in [1.807, 2.05) is 0 Å². The van der Waals surface area contributed by atoms with Crippen LogP contribution in [0, 0.1) is 34.6 Å². The molecule has 0 aliphatic heterocycles. The van der Waals surface area contributed by atoms with Crippen molar-refractivity contribution in [2.45, 2.75) is 40.5 Å². The Morgan fingerprint density at radius 3 is 1.29 bits per heavy atom. The van der Waals surface area contributed by atoms with Crippen molar-refractivity contribution in [2.75, 3.05) is 0 Å². The van der Waals surface area contributed by atoms with Crippen LogP contribution in [0.5, 0.6) is 0 Å². The summed E-state index contributed by atoms with van der Waals surface area (Å²) in [6.45, 7) is 10.9. The third-order valence-corrected chi connectivity index (χ3v) is 5.14. The Morgan fingerprint density at radius 2 is 0.875 bits per heavy atom.